The Hall–Kier alpha value is -1.36. The number of benzene rings is 1. The first kappa shape index (κ1) is 20.7. The Morgan fingerprint density at radius 3 is 2.21 bits per heavy atom. The molecule has 0 spiro atoms. The van der Waals surface area contributed by atoms with E-state index in [-0.39, 0.29) is 22.9 Å². The van der Waals surface area contributed by atoms with Gasteiger partial charge in [-0.15, -0.1) is 0 Å². The molecular weight excluding hydrogens is 354 g/mol. The van der Waals surface area contributed by atoms with Crippen LogP contribution in [0.25, 0.3) is 0 Å². The maximum atomic E-state index is 12.4. The van der Waals surface area contributed by atoms with E-state index in [4.69, 9.17) is 4.74 Å². The van der Waals surface area contributed by atoms with Gasteiger partial charge in [0, 0.05) is 19.1 Å². The zero-order valence-corrected chi connectivity index (χ0v) is 16.4. The molecule has 0 saturated heterocycles. The van der Waals surface area contributed by atoms with E-state index < -0.39 is 25.8 Å². The Kier molecular flexibility index (Phi) is 6.26. The smallest absolute Gasteiger partial charge is 0.301 e. The zero-order chi connectivity index (χ0) is 18.8. The van der Waals surface area contributed by atoms with Crippen molar-refractivity contribution in [2.45, 2.75) is 38.1 Å². The Bertz CT molecular complexity index is 783. The number of rotatable bonds is 7. The molecule has 2 N–H and O–H groups in total. The van der Waals surface area contributed by atoms with Crippen LogP contribution in [0, 0.1) is 0 Å². The lowest BCUT2D eigenvalue weighted by molar-refractivity contribution is 0.416. The molecule has 0 bridgehead atoms. The van der Waals surface area contributed by atoms with Gasteiger partial charge in [0.15, 0.2) is 0 Å². The molecule has 0 radical (unpaired) electrons. The number of sulfonamides is 1. The Morgan fingerprint density at radius 2 is 1.75 bits per heavy atom. The van der Waals surface area contributed by atoms with Crippen molar-refractivity contribution in [3.05, 3.63) is 18.2 Å². The normalized spacial score (nSPS) is 13.1. The van der Waals surface area contributed by atoms with Crippen LogP contribution in [0.5, 0.6) is 5.75 Å². The second kappa shape index (κ2) is 7.26. The average Bonchev–Trinajstić information content (AvgIpc) is 2.43. The SMILES string of the molecule is CCN(C)S(=O)(=O)Nc1cc(S(=O)(=O)NC(C)(C)C)ccc1OC. The van der Waals surface area contributed by atoms with E-state index in [9.17, 15) is 16.8 Å². The Morgan fingerprint density at radius 1 is 1.17 bits per heavy atom. The third-order valence-electron chi connectivity index (χ3n) is 3.02. The Balaban J connectivity index is 3.32. The molecular formula is C14H25N3O5S2. The summed E-state index contributed by atoms with van der Waals surface area (Å²) in [5, 5.41) is 0. The summed E-state index contributed by atoms with van der Waals surface area (Å²) in [5.74, 6) is 0.220. The molecule has 8 nitrogen and oxygen atoms in total. The fourth-order valence-corrected chi connectivity index (χ4v) is 4.16. The summed E-state index contributed by atoms with van der Waals surface area (Å²) in [7, 11) is -4.82. The van der Waals surface area contributed by atoms with Gasteiger partial charge < -0.3 is 4.74 Å². The summed E-state index contributed by atoms with van der Waals surface area (Å²) >= 11 is 0. The molecule has 0 aliphatic rings. The van der Waals surface area contributed by atoms with Gasteiger partial charge in [-0.3, -0.25) is 4.72 Å². The maximum absolute atomic E-state index is 12.4. The topological polar surface area (TPSA) is 105 Å². The summed E-state index contributed by atoms with van der Waals surface area (Å²) in [6, 6.07) is 3.99. The standard InChI is InChI=1S/C14H25N3O5S2/c1-7-17(5)24(20,21)15-12-10-11(8-9-13(12)22-6)23(18,19)16-14(2,3)4/h8-10,15-16H,7H2,1-6H3. The van der Waals surface area contributed by atoms with E-state index in [2.05, 4.69) is 9.44 Å². The number of nitrogens with one attached hydrogen (secondary N) is 2. The maximum Gasteiger partial charge on any atom is 0.301 e. The second-order valence-corrected chi connectivity index (χ2v) is 9.70. The summed E-state index contributed by atoms with van der Waals surface area (Å²) in [5.41, 5.74) is -0.615. The fraction of sp³-hybridized carbons (Fsp3) is 0.571. The van der Waals surface area contributed by atoms with Gasteiger partial charge in [0.2, 0.25) is 10.0 Å². The molecule has 0 heterocycles. The summed E-state index contributed by atoms with van der Waals surface area (Å²) in [4.78, 5) is -0.0601. The first-order valence-electron chi connectivity index (χ1n) is 7.28. The second-order valence-electron chi connectivity index (χ2n) is 6.24. The number of hydrogen-bond donors (Lipinski definition) is 2. The first-order valence-corrected chi connectivity index (χ1v) is 10.2. The minimum atomic E-state index is -3.81. The average molecular weight is 380 g/mol. The van der Waals surface area contributed by atoms with Crippen LogP contribution in [0.2, 0.25) is 0 Å². The van der Waals surface area contributed by atoms with Crippen molar-refractivity contribution in [2.24, 2.45) is 0 Å². The van der Waals surface area contributed by atoms with Crippen molar-refractivity contribution in [3.63, 3.8) is 0 Å². The molecule has 24 heavy (non-hydrogen) atoms. The van der Waals surface area contributed by atoms with Crippen LogP contribution in [0.15, 0.2) is 23.1 Å². The van der Waals surface area contributed by atoms with Gasteiger partial charge in [-0.1, -0.05) is 6.92 Å². The molecule has 0 atom stereocenters. The predicted molar refractivity (Wildman–Crippen MR) is 93.9 cm³/mol. The van der Waals surface area contributed by atoms with Crippen LogP contribution in [-0.4, -0.2) is 47.4 Å². The van der Waals surface area contributed by atoms with Gasteiger partial charge >= 0.3 is 10.2 Å². The van der Waals surface area contributed by atoms with Crippen LogP contribution >= 0.6 is 0 Å². The molecule has 1 aromatic rings. The molecule has 0 aliphatic carbocycles. The molecule has 1 aromatic carbocycles. The van der Waals surface area contributed by atoms with Gasteiger partial charge in [0.25, 0.3) is 0 Å². The van der Waals surface area contributed by atoms with E-state index in [1.807, 2.05) is 0 Å². The number of anilines is 1. The monoisotopic (exact) mass is 379 g/mol. The van der Waals surface area contributed by atoms with E-state index in [1.165, 1.54) is 32.4 Å². The van der Waals surface area contributed by atoms with Crippen LogP contribution in [0.3, 0.4) is 0 Å². The summed E-state index contributed by atoms with van der Waals surface area (Å²) in [6.07, 6.45) is 0. The lowest BCUT2D eigenvalue weighted by Crippen LogP contribution is -2.40. The highest BCUT2D eigenvalue weighted by Crippen LogP contribution is 2.29. The molecule has 0 saturated carbocycles. The molecule has 1 rings (SSSR count). The van der Waals surface area contributed by atoms with Crippen LogP contribution in [-0.2, 0) is 20.2 Å². The number of methoxy groups -OCH3 is 1. The highest BCUT2D eigenvalue weighted by atomic mass is 32.2. The van der Waals surface area contributed by atoms with Crippen molar-refractivity contribution in [1.29, 1.82) is 0 Å². The lowest BCUT2D eigenvalue weighted by atomic mass is 10.1. The summed E-state index contributed by atoms with van der Waals surface area (Å²) in [6.45, 7) is 7.10. The Labute approximate surface area is 144 Å². The van der Waals surface area contributed by atoms with E-state index >= 15 is 0 Å². The van der Waals surface area contributed by atoms with Crippen LogP contribution < -0.4 is 14.2 Å². The highest BCUT2D eigenvalue weighted by Gasteiger charge is 2.24. The largest absolute Gasteiger partial charge is 0.495 e. The molecule has 0 aliphatic heterocycles. The van der Waals surface area contributed by atoms with Gasteiger partial charge in [-0.05, 0) is 39.0 Å². The minimum Gasteiger partial charge on any atom is -0.495 e. The van der Waals surface area contributed by atoms with Gasteiger partial charge in [-0.2, -0.15) is 12.7 Å². The number of ether oxygens (including phenoxy) is 1. The van der Waals surface area contributed by atoms with Crippen molar-refractivity contribution in [1.82, 2.24) is 9.03 Å². The quantitative estimate of drug-likeness (QED) is 0.745. The van der Waals surface area contributed by atoms with Crippen molar-refractivity contribution in [2.75, 3.05) is 25.4 Å². The molecule has 0 fully saturated rings. The molecule has 138 valence electrons. The van der Waals surface area contributed by atoms with Crippen LogP contribution in [0.4, 0.5) is 5.69 Å². The van der Waals surface area contributed by atoms with Gasteiger partial charge in [-0.25, -0.2) is 13.1 Å². The number of nitrogens with zero attached hydrogens (tertiary/aromatic N) is 1. The lowest BCUT2D eigenvalue weighted by Gasteiger charge is -2.21. The van der Waals surface area contributed by atoms with E-state index in [1.54, 1.807) is 27.7 Å². The first-order chi connectivity index (χ1) is 10.8. The van der Waals surface area contributed by atoms with Crippen LogP contribution in [0.1, 0.15) is 27.7 Å². The molecule has 0 unspecified atom stereocenters. The zero-order valence-electron chi connectivity index (χ0n) is 14.7. The molecule has 0 aromatic heterocycles. The van der Waals surface area contributed by atoms with Crippen molar-refractivity contribution in [3.8, 4) is 5.75 Å². The van der Waals surface area contributed by atoms with Gasteiger partial charge in [0.1, 0.15) is 5.75 Å². The van der Waals surface area contributed by atoms with E-state index in [0.717, 1.165) is 4.31 Å². The number of hydrogen-bond acceptors (Lipinski definition) is 5. The van der Waals surface area contributed by atoms with E-state index in [0.29, 0.717) is 0 Å². The summed E-state index contributed by atoms with van der Waals surface area (Å²) < 4.78 is 60.3. The van der Waals surface area contributed by atoms with Crippen molar-refractivity contribution >= 4 is 25.9 Å². The van der Waals surface area contributed by atoms with Crippen molar-refractivity contribution < 1.29 is 21.6 Å². The predicted octanol–water partition coefficient (Wildman–Crippen LogP) is 1.38. The third-order valence-corrected chi connectivity index (χ3v) is 6.33. The third kappa shape index (κ3) is 5.33. The minimum absolute atomic E-state index is 0.0505. The molecule has 10 heteroatoms. The fourth-order valence-electron chi connectivity index (χ4n) is 1.78. The highest BCUT2D eigenvalue weighted by molar-refractivity contribution is 7.90. The molecule has 0 amide bonds. The van der Waals surface area contributed by atoms with Gasteiger partial charge in [0.05, 0.1) is 17.7 Å².